The summed E-state index contributed by atoms with van der Waals surface area (Å²) in [6, 6.07) is 11.0. The number of nitrogens with zero attached hydrogens (tertiary/aromatic N) is 1. The quantitative estimate of drug-likeness (QED) is 0.235. The molecule has 0 bridgehead atoms. The summed E-state index contributed by atoms with van der Waals surface area (Å²) < 4.78 is 5.52. The molecule has 0 spiro atoms. The summed E-state index contributed by atoms with van der Waals surface area (Å²) >= 11 is 1.35. The molecule has 1 aromatic carbocycles. The number of hydrogen-bond acceptors (Lipinski definition) is 7. The number of ether oxygens (including phenoxy) is 1. The van der Waals surface area contributed by atoms with E-state index in [0.717, 1.165) is 23.3 Å². The van der Waals surface area contributed by atoms with Gasteiger partial charge in [-0.3, -0.25) is 14.6 Å². The molecular formula is C26H23N5O4S. The normalized spacial score (nSPS) is 16.1. The largest absolute Gasteiger partial charge is 0.423 e. The van der Waals surface area contributed by atoms with Crippen molar-refractivity contribution in [3.05, 3.63) is 59.2 Å². The van der Waals surface area contributed by atoms with Crippen LogP contribution in [0.2, 0.25) is 0 Å². The van der Waals surface area contributed by atoms with Crippen molar-refractivity contribution in [3.8, 4) is 16.2 Å². The predicted molar refractivity (Wildman–Crippen MR) is 138 cm³/mol. The fourth-order valence-electron chi connectivity index (χ4n) is 4.14. The van der Waals surface area contributed by atoms with Crippen molar-refractivity contribution in [2.45, 2.75) is 38.3 Å². The molecule has 4 heterocycles. The van der Waals surface area contributed by atoms with Crippen molar-refractivity contribution in [1.29, 1.82) is 0 Å². The van der Waals surface area contributed by atoms with Gasteiger partial charge in [0.1, 0.15) is 11.4 Å². The number of anilines is 2. The Hall–Kier alpha value is -4.18. The lowest BCUT2D eigenvalue weighted by molar-refractivity contribution is -0.139. The molecule has 2 amide bonds. The van der Waals surface area contributed by atoms with Gasteiger partial charge in [-0.2, -0.15) is 0 Å². The van der Waals surface area contributed by atoms with Gasteiger partial charge in [-0.05, 0) is 62.6 Å². The molecule has 0 radical (unpaired) electrons. The zero-order valence-corrected chi connectivity index (χ0v) is 20.4. The maximum atomic E-state index is 13.3. The third kappa shape index (κ3) is 3.99. The highest BCUT2D eigenvalue weighted by molar-refractivity contribution is 7.17. The van der Waals surface area contributed by atoms with Crippen LogP contribution in [0.4, 0.5) is 11.5 Å². The van der Waals surface area contributed by atoms with Gasteiger partial charge >= 0.3 is 5.97 Å². The molecule has 182 valence electrons. The van der Waals surface area contributed by atoms with Gasteiger partial charge in [-0.25, -0.2) is 4.79 Å². The van der Waals surface area contributed by atoms with E-state index in [-0.39, 0.29) is 17.9 Å². The van der Waals surface area contributed by atoms with Gasteiger partial charge in [0.2, 0.25) is 0 Å². The fraction of sp³-hybridized carbons (Fsp3) is 0.231. The number of rotatable bonds is 5. The Bertz CT molecular complexity index is 1530. The summed E-state index contributed by atoms with van der Waals surface area (Å²) in [4.78, 5) is 47.4. The standard InChI is InChI=1S/C26H23N5O4S/c1-26(2)25(34)35-18-12-16-15(11-17(18)31-26)21(24(33)28-14-3-4-14)22(29-16)30-23(32)20-6-5-19(36-20)13-7-9-27-10-8-13/h5-12,14,29,31H,3-4H2,1-2H3,(H,28,33)(H,30,32). The Labute approximate surface area is 210 Å². The molecule has 0 unspecified atom stereocenters. The highest BCUT2D eigenvalue weighted by atomic mass is 32.1. The number of aromatic amines is 1. The molecule has 0 atom stereocenters. The second kappa shape index (κ2) is 8.20. The Kier molecular flexibility index (Phi) is 5.08. The third-order valence-electron chi connectivity index (χ3n) is 6.23. The van der Waals surface area contributed by atoms with E-state index in [9.17, 15) is 14.4 Å². The molecule has 6 rings (SSSR count). The molecule has 4 aromatic rings. The summed E-state index contributed by atoms with van der Waals surface area (Å²) in [7, 11) is 0. The Morgan fingerprint density at radius 3 is 2.64 bits per heavy atom. The zero-order chi connectivity index (χ0) is 25.0. The van der Waals surface area contributed by atoms with Gasteiger partial charge in [-0.15, -0.1) is 11.3 Å². The summed E-state index contributed by atoms with van der Waals surface area (Å²) in [6.07, 6.45) is 5.28. The molecule has 1 fully saturated rings. The van der Waals surface area contributed by atoms with Crippen LogP contribution >= 0.6 is 11.3 Å². The lowest BCUT2D eigenvalue weighted by atomic mass is 10.0. The van der Waals surface area contributed by atoms with Crippen LogP contribution in [0.25, 0.3) is 21.3 Å². The Balaban J connectivity index is 1.37. The number of hydrogen-bond donors (Lipinski definition) is 4. The highest BCUT2D eigenvalue weighted by Crippen LogP contribution is 2.40. The molecule has 1 aliphatic carbocycles. The van der Waals surface area contributed by atoms with E-state index in [1.807, 2.05) is 18.2 Å². The van der Waals surface area contributed by atoms with Gasteiger partial charge < -0.3 is 25.7 Å². The molecule has 2 aliphatic rings. The number of benzene rings is 1. The number of H-pyrrole nitrogens is 1. The molecule has 9 nitrogen and oxygen atoms in total. The van der Waals surface area contributed by atoms with Crippen molar-refractivity contribution in [1.82, 2.24) is 15.3 Å². The summed E-state index contributed by atoms with van der Waals surface area (Å²) in [5.41, 5.74) is 1.58. The molecule has 10 heteroatoms. The van der Waals surface area contributed by atoms with Crippen LogP contribution in [0.3, 0.4) is 0 Å². The molecule has 4 N–H and O–H groups in total. The van der Waals surface area contributed by atoms with Crippen molar-refractivity contribution in [2.75, 3.05) is 10.6 Å². The number of amides is 2. The Morgan fingerprint density at radius 2 is 1.89 bits per heavy atom. The van der Waals surface area contributed by atoms with Gasteiger partial charge in [0.05, 0.1) is 21.6 Å². The number of aromatic nitrogens is 2. The number of carbonyl (C=O) groups is 3. The van der Waals surface area contributed by atoms with Crippen LogP contribution in [0.5, 0.6) is 5.75 Å². The first-order valence-corrected chi connectivity index (χ1v) is 12.4. The van der Waals surface area contributed by atoms with Crippen LogP contribution < -0.4 is 20.7 Å². The molecule has 1 saturated carbocycles. The minimum Gasteiger partial charge on any atom is -0.423 e. The average Bonchev–Trinajstić information content (AvgIpc) is 3.38. The lowest BCUT2D eigenvalue weighted by Crippen LogP contribution is -2.46. The number of nitrogens with one attached hydrogen (secondary N) is 4. The number of pyridine rings is 1. The SMILES string of the molecule is CC1(C)Nc2cc3c(C(=O)NC4CC4)c(NC(=O)c4ccc(-c5ccncc5)s4)[nH]c3cc2OC1=O. The number of fused-ring (bicyclic) bond motifs is 2. The predicted octanol–water partition coefficient (Wildman–Crippen LogP) is 4.55. The van der Waals surface area contributed by atoms with Crippen molar-refractivity contribution in [2.24, 2.45) is 0 Å². The van der Waals surface area contributed by atoms with E-state index in [0.29, 0.717) is 38.6 Å². The number of carbonyl (C=O) groups excluding carboxylic acids is 3. The minimum absolute atomic E-state index is 0.141. The van der Waals surface area contributed by atoms with Gasteiger partial charge in [0.15, 0.2) is 5.75 Å². The maximum Gasteiger partial charge on any atom is 0.336 e. The highest BCUT2D eigenvalue weighted by Gasteiger charge is 2.36. The van der Waals surface area contributed by atoms with E-state index in [4.69, 9.17) is 4.74 Å². The zero-order valence-electron chi connectivity index (χ0n) is 19.6. The summed E-state index contributed by atoms with van der Waals surface area (Å²) in [5.74, 6) is -0.346. The summed E-state index contributed by atoms with van der Waals surface area (Å²) in [5, 5.41) is 9.70. The molecule has 3 aromatic heterocycles. The first-order chi connectivity index (χ1) is 17.3. The third-order valence-corrected chi connectivity index (χ3v) is 7.36. The first kappa shape index (κ1) is 22.3. The molecule has 1 aliphatic heterocycles. The fourth-order valence-corrected chi connectivity index (χ4v) is 5.05. The second-order valence-electron chi connectivity index (χ2n) is 9.51. The van der Waals surface area contributed by atoms with E-state index in [1.165, 1.54) is 11.3 Å². The monoisotopic (exact) mass is 501 g/mol. The van der Waals surface area contributed by atoms with Gasteiger partial charge in [-0.1, -0.05) is 0 Å². The molecule has 36 heavy (non-hydrogen) atoms. The van der Waals surface area contributed by atoms with E-state index < -0.39 is 11.5 Å². The maximum absolute atomic E-state index is 13.3. The average molecular weight is 502 g/mol. The van der Waals surface area contributed by atoms with Crippen LogP contribution in [-0.4, -0.2) is 39.3 Å². The van der Waals surface area contributed by atoms with Crippen LogP contribution in [0.15, 0.2) is 48.8 Å². The van der Waals surface area contributed by atoms with Crippen molar-refractivity contribution < 1.29 is 19.1 Å². The smallest absolute Gasteiger partial charge is 0.336 e. The van der Waals surface area contributed by atoms with Crippen molar-refractivity contribution in [3.63, 3.8) is 0 Å². The van der Waals surface area contributed by atoms with E-state index >= 15 is 0 Å². The van der Waals surface area contributed by atoms with Crippen molar-refractivity contribution >= 4 is 51.5 Å². The topological polar surface area (TPSA) is 125 Å². The molecular weight excluding hydrogens is 478 g/mol. The van der Waals surface area contributed by atoms with E-state index in [2.05, 4.69) is 25.9 Å². The number of thiophene rings is 1. The van der Waals surface area contributed by atoms with Crippen LogP contribution in [0.1, 0.15) is 46.7 Å². The second-order valence-corrected chi connectivity index (χ2v) is 10.6. The van der Waals surface area contributed by atoms with Gasteiger partial charge in [0.25, 0.3) is 11.8 Å². The first-order valence-electron chi connectivity index (χ1n) is 11.6. The molecule has 0 saturated heterocycles. The van der Waals surface area contributed by atoms with Crippen LogP contribution in [0, 0.1) is 0 Å². The summed E-state index contributed by atoms with van der Waals surface area (Å²) in [6.45, 7) is 3.46. The Morgan fingerprint density at radius 1 is 1.11 bits per heavy atom. The van der Waals surface area contributed by atoms with Gasteiger partial charge in [0, 0.05) is 34.8 Å². The lowest BCUT2D eigenvalue weighted by Gasteiger charge is -2.31. The number of esters is 1. The van der Waals surface area contributed by atoms with Crippen LogP contribution in [-0.2, 0) is 4.79 Å². The minimum atomic E-state index is -0.907. The van der Waals surface area contributed by atoms with E-state index in [1.54, 1.807) is 44.4 Å².